The number of hydrogen-bond donors (Lipinski definition) is 1. The highest BCUT2D eigenvalue weighted by Crippen LogP contribution is 1.94. The van der Waals surface area contributed by atoms with Gasteiger partial charge >= 0.3 is 0 Å². The molecule has 0 atom stereocenters. The van der Waals surface area contributed by atoms with Crippen LogP contribution in [0.2, 0.25) is 0 Å². The zero-order valence-electron chi connectivity index (χ0n) is 5.29. The maximum Gasteiger partial charge on any atom is 0.257 e. The van der Waals surface area contributed by atoms with Crippen LogP contribution >= 0.6 is 0 Å². The fourth-order valence-electron chi connectivity index (χ4n) is 0.294. The molecule has 0 aromatic carbocycles. The summed E-state index contributed by atoms with van der Waals surface area (Å²) in [7, 11) is -2.67. The Labute approximate surface area is 56.5 Å². The van der Waals surface area contributed by atoms with Gasteiger partial charge in [0.15, 0.2) is 0 Å². The summed E-state index contributed by atoms with van der Waals surface area (Å²) in [6.07, 6.45) is 0.601. The van der Waals surface area contributed by atoms with Gasteiger partial charge in [-0.3, -0.25) is 4.18 Å². The Kier molecular flexibility index (Phi) is 4.35. The summed E-state index contributed by atoms with van der Waals surface area (Å²) in [6.45, 7) is 5.61. The molecule has 3 nitrogen and oxygen atoms in total. The molecular weight excluding hydrogens is 140 g/mol. The van der Waals surface area contributed by atoms with E-state index in [4.69, 9.17) is 0 Å². The monoisotopic (exact) mass is 150 g/mol. The lowest BCUT2D eigenvalue weighted by Crippen LogP contribution is -1.91. The Hall–Kier alpha value is -0.350. The molecule has 0 spiro atoms. The van der Waals surface area contributed by atoms with Gasteiger partial charge in [0.1, 0.15) is 0 Å². The molecule has 9 heavy (non-hydrogen) atoms. The topological polar surface area (TPSA) is 43.4 Å². The van der Waals surface area contributed by atoms with Crippen molar-refractivity contribution in [1.82, 2.24) is 0 Å². The Morgan fingerprint density at radius 3 is 2.56 bits per heavy atom. The first kappa shape index (κ1) is 8.65. The van der Waals surface area contributed by atoms with Gasteiger partial charge in [-0.25, -0.2) is 8.42 Å². The first-order chi connectivity index (χ1) is 4.13. The van der Waals surface area contributed by atoms with E-state index in [1.807, 2.05) is 6.92 Å². The molecule has 0 bridgehead atoms. The van der Waals surface area contributed by atoms with Crippen LogP contribution in [0.1, 0.15) is 13.3 Å². The van der Waals surface area contributed by atoms with Crippen molar-refractivity contribution in [1.29, 1.82) is 0 Å². The molecule has 0 radical (unpaired) electrons. The summed E-state index contributed by atoms with van der Waals surface area (Å²) in [4.78, 5) is 0. The molecule has 0 aromatic rings. The molecular formula is C5H10O3S. The van der Waals surface area contributed by atoms with Crippen molar-refractivity contribution in [2.45, 2.75) is 13.3 Å². The highest BCUT2D eigenvalue weighted by atomic mass is 32.2. The second-order valence-electron chi connectivity index (χ2n) is 1.76. The highest BCUT2D eigenvalue weighted by molar-refractivity contribution is 7.67. The first-order valence-electron chi connectivity index (χ1n) is 2.54. The van der Waals surface area contributed by atoms with Crippen LogP contribution in [0.5, 0.6) is 0 Å². The normalized spacial score (nSPS) is 10.0. The van der Waals surface area contributed by atoms with Crippen molar-refractivity contribution in [2.75, 3.05) is 6.61 Å². The Balaban J connectivity index is 3.21. The van der Waals surface area contributed by atoms with Crippen LogP contribution in [0.4, 0.5) is 0 Å². The summed E-state index contributed by atoms with van der Waals surface area (Å²) in [5, 5.41) is 0. The van der Waals surface area contributed by atoms with E-state index in [2.05, 4.69) is 10.8 Å². The van der Waals surface area contributed by atoms with Crippen molar-refractivity contribution in [3.05, 3.63) is 12.2 Å². The smallest absolute Gasteiger partial charge is 0.257 e. The van der Waals surface area contributed by atoms with E-state index < -0.39 is 11.0 Å². The van der Waals surface area contributed by atoms with Crippen molar-refractivity contribution in [3.63, 3.8) is 0 Å². The van der Waals surface area contributed by atoms with Crippen LogP contribution in [0.25, 0.3) is 0 Å². The van der Waals surface area contributed by atoms with E-state index in [9.17, 15) is 8.42 Å². The lowest BCUT2D eigenvalue weighted by Gasteiger charge is -1.93. The van der Waals surface area contributed by atoms with Gasteiger partial charge < -0.3 is 0 Å². The van der Waals surface area contributed by atoms with Gasteiger partial charge in [-0.1, -0.05) is 5.57 Å². The van der Waals surface area contributed by atoms with Crippen molar-refractivity contribution in [3.8, 4) is 0 Å². The zero-order valence-corrected chi connectivity index (χ0v) is 6.19. The van der Waals surface area contributed by atoms with E-state index in [0.29, 0.717) is 6.42 Å². The highest BCUT2D eigenvalue weighted by Gasteiger charge is 1.87. The average Bonchev–Trinajstić information content (AvgIpc) is 1.63. The van der Waals surface area contributed by atoms with Gasteiger partial charge in [-0.15, -0.1) is 6.58 Å². The standard InChI is InChI=1S/C5H10O3S/c1-5(2)3-4-8-9(6)7/h9H,1,3-4H2,2H3. The van der Waals surface area contributed by atoms with Crippen LogP contribution in [0.15, 0.2) is 12.2 Å². The molecule has 0 heterocycles. The van der Waals surface area contributed by atoms with Crippen LogP contribution in [-0.2, 0) is 15.2 Å². The predicted molar refractivity (Wildman–Crippen MR) is 35.7 cm³/mol. The summed E-state index contributed by atoms with van der Waals surface area (Å²) in [5.74, 6) is 0. The number of rotatable bonds is 4. The number of hydrogen-bond acceptors (Lipinski definition) is 3. The average molecular weight is 150 g/mol. The molecule has 0 N–H and O–H groups in total. The third kappa shape index (κ3) is 7.65. The van der Waals surface area contributed by atoms with Crippen LogP contribution in [0, 0.1) is 0 Å². The summed E-state index contributed by atoms with van der Waals surface area (Å²) >= 11 is 0. The SMILES string of the molecule is C=C(C)CCO[SH](=O)=O. The summed E-state index contributed by atoms with van der Waals surface area (Å²) < 4.78 is 23.8. The lowest BCUT2D eigenvalue weighted by molar-refractivity contribution is 0.337. The Morgan fingerprint density at radius 1 is 1.67 bits per heavy atom. The van der Waals surface area contributed by atoms with E-state index in [1.165, 1.54) is 0 Å². The third-order valence-electron chi connectivity index (χ3n) is 0.726. The quantitative estimate of drug-likeness (QED) is 0.468. The number of thiol groups is 1. The van der Waals surface area contributed by atoms with Gasteiger partial charge in [0.25, 0.3) is 11.0 Å². The second-order valence-corrected chi connectivity index (χ2v) is 2.47. The van der Waals surface area contributed by atoms with Crippen LogP contribution in [0.3, 0.4) is 0 Å². The van der Waals surface area contributed by atoms with Crippen molar-refractivity contribution in [2.24, 2.45) is 0 Å². The zero-order chi connectivity index (χ0) is 7.28. The lowest BCUT2D eigenvalue weighted by atomic mass is 10.3. The molecule has 0 fully saturated rings. The molecule has 0 aliphatic rings. The molecule has 0 aliphatic carbocycles. The van der Waals surface area contributed by atoms with Crippen molar-refractivity contribution < 1.29 is 12.6 Å². The second kappa shape index (κ2) is 4.52. The maximum absolute atomic E-state index is 9.77. The fourth-order valence-corrected chi connectivity index (χ4v) is 0.535. The molecule has 0 saturated heterocycles. The molecule has 0 aromatic heterocycles. The molecule has 0 rings (SSSR count). The Morgan fingerprint density at radius 2 is 2.22 bits per heavy atom. The maximum atomic E-state index is 9.77. The molecule has 0 saturated carbocycles. The fraction of sp³-hybridized carbons (Fsp3) is 0.600. The van der Waals surface area contributed by atoms with E-state index in [1.54, 1.807) is 0 Å². The minimum absolute atomic E-state index is 0.216. The minimum atomic E-state index is -2.67. The van der Waals surface area contributed by atoms with E-state index in [0.717, 1.165) is 5.57 Å². The minimum Gasteiger partial charge on any atom is -0.272 e. The Bertz CT molecular complexity index is 152. The molecule has 0 aliphatic heterocycles. The predicted octanol–water partition coefficient (Wildman–Crippen LogP) is 0.496. The summed E-state index contributed by atoms with van der Waals surface area (Å²) in [6, 6.07) is 0. The van der Waals surface area contributed by atoms with Crippen molar-refractivity contribution >= 4 is 11.0 Å². The van der Waals surface area contributed by atoms with Crippen LogP contribution in [-0.4, -0.2) is 15.0 Å². The molecule has 0 amide bonds. The van der Waals surface area contributed by atoms with Gasteiger partial charge in [-0.2, -0.15) is 0 Å². The van der Waals surface area contributed by atoms with Gasteiger partial charge in [0.05, 0.1) is 6.61 Å². The first-order valence-corrected chi connectivity index (χ1v) is 3.64. The van der Waals surface area contributed by atoms with Gasteiger partial charge in [0, 0.05) is 0 Å². The van der Waals surface area contributed by atoms with Crippen LogP contribution < -0.4 is 0 Å². The largest absolute Gasteiger partial charge is 0.272 e. The molecule has 54 valence electrons. The molecule has 0 unspecified atom stereocenters. The van der Waals surface area contributed by atoms with E-state index in [-0.39, 0.29) is 6.61 Å². The molecule has 4 heteroatoms. The summed E-state index contributed by atoms with van der Waals surface area (Å²) in [5.41, 5.74) is 0.923. The third-order valence-corrected chi connectivity index (χ3v) is 1.12. The van der Waals surface area contributed by atoms with Gasteiger partial charge in [-0.05, 0) is 13.3 Å². The van der Waals surface area contributed by atoms with Gasteiger partial charge in [0.2, 0.25) is 0 Å². The van der Waals surface area contributed by atoms with E-state index >= 15 is 0 Å².